The number of fused-ring (bicyclic) bond motifs is 3. The first-order valence-electron chi connectivity index (χ1n) is 10.1. The van der Waals surface area contributed by atoms with Crippen LogP contribution in [-0.4, -0.2) is 49.7 Å². The van der Waals surface area contributed by atoms with E-state index in [0.717, 1.165) is 34.7 Å². The quantitative estimate of drug-likeness (QED) is 0.403. The topological polar surface area (TPSA) is 67.3 Å². The summed E-state index contributed by atoms with van der Waals surface area (Å²) in [5.41, 5.74) is 1.37. The Bertz CT molecular complexity index is 1020. The number of carbonyl (C=O) groups excluding carboxylic acids is 1. The van der Waals surface area contributed by atoms with Gasteiger partial charge in [0.25, 0.3) is 0 Å². The fourth-order valence-electron chi connectivity index (χ4n) is 3.66. The number of likely N-dealkylation sites (N-methyl/N-ethyl adjacent to an activating group) is 1. The molecule has 4 rings (SSSR count). The summed E-state index contributed by atoms with van der Waals surface area (Å²) in [6.45, 7) is 1.27. The van der Waals surface area contributed by atoms with Crippen molar-refractivity contribution in [1.82, 2.24) is 15.3 Å². The van der Waals surface area contributed by atoms with Crippen molar-refractivity contribution >= 4 is 45.0 Å². The molecule has 1 aliphatic rings. The molecule has 0 saturated heterocycles. The van der Waals surface area contributed by atoms with Gasteiger partial charge in [-0.2, -0.15) is 0 Å². The Balaban J connectivity index is 1.59. The second-order valence-corrected chi connectivity index (χ2v) is 9.43. The van der Waals surface area contributed by atoms with Crippen molar-refractivity contribution in [1.29, 1.82) is 0 Å². The van der Waals surface area contributed by atoms with Crippen LogP contribution in [0.15, 0.2) is 35.2 Å². The predicted molar refractivity (Wildman–Crippen MR) is 124 cm³/mol. The fraction of sp³-hybridized carbons (Fsp3) is 0.409. The Labute approximate surface area is 185 Å². The number of hydrogen-bond donors (Lipinski definition) is 1. The van der Waals surface area contributed by atoms with E-state index in [9.17, 15) is 4.79 Å². The van der Waals surface area contributed by atoms with Gasteiger partial charge in [0.1, 0.15) is 16.5 Å². The lowest BCUT2D eigenvalue weighted by Gasteiger charge is -2.20. The van der Waals surface area contributed by atoms with E-state index < -0.39 is 0 Å². The number of aromatic nitrogens is 2. The number of thioether (sulfide) groups is 1. The van der Waals surface area contributed by atoms with E-state index in [1.807, 2.05) is 30.1 Å². The average molecular weight is 443 g/mol. The van der Waals surface area contributed by atoms with E-state index in [1.54, 1.807) is 30.2 Å². The highest BCUT2D eigenvalue weighted by Gasteiger charge is 2.24. The van der Waals surface area contributed by atoms with Crippen molar-refractivity contribution < 1.29 is 9.53 Å². The van der Waals surface area contributed by atoms with Gasteiger partial charge in [-0.3, -0.25) is 4.79 Å². The SMILES string of the molecule is COCCNC(=O)CN(C)c1nc(CSc2ccccc2)nc2sc3c(c12)CCC3. The molecule has 8 heteroatoms. The van der Waals surface area contributed by atoms with Crippen molar-refractivity contribution in [3.05, 3.63) is 46.6 Å². The minimum atomic E-state index is -0.0339. The van der Waals surface area contributed by atoms with E-state index in [2.05, 4.69) is 17.4 Å². The number of thiophene rings is 1. The van der Waals surface area contributed by atoms with E-state index in [0.29, 0.717) is 18.9 Å². The smallest absolute Gasteiger partial charge is 0.239 e. The second-order valence-electron chi connectivity index (χ2n) is 7.30. The first-order chi connectivity index (χ1) is 14.7. The summed E-state index contributed by atoms with van der Waals surface area (Å²) in [7, 11) is 3.56. The van der Waals surface area contributed by atoms with Crippen LogP contribution in [0.3, 0.4) is 0 Å². The lowest BCUT2D eigenvalue weighted by atomic mass is 10.2. The number of ether oxygens (including phenoxy) is 1. The minimum absolute atomic E-state index is 0.0339. The molecule has 0 aliphatic heterocycles. The Kier molecular flexibility index (Phi) is 6.86. The Morgan fingerprint density at radius 3 is 2.90 bits per heavy atom. The number of rotatable bonds is 9. The van der Waals surface area contributed by atoms with Crippen LogP contribution in [-0.2, 0) is 28.1 Å². The molecule has 0 radical (unpaired) electrons. The third-order valence-corrected chi connectivity index (χ3v) is 7.27. The largest absolute Gasteiger partial charge is 0.383 e. The van der Waals surface area contributed by atoms with Crippen molar-refractivity contribution in [2.45, 2.75) is 29.9 Å². The predicted octanol–water partition coefficient (Wildman–Crippen LogP) is 3.67. The van der Waals surface area contributed by atoms with Gasteiger partial charge in [0.2, 0.25) is 5.91 Å². The molecule has 1 aromatic carbocycles. The van der Waals surface area contributed by atoms with Gasteiger partial charge >= 0.3 is 0 Å². The maximum atomic E-state index is 12.4. The number of amides is 1. The van der Waals surface area contributed by atoms with Gasteiger partial charge in [-0.1, -0.05) is 18.2 Å². The normalized spacial score (nSPS) is 12.9. The van der Waals surface area contributed by atoms with Gasteiger partial charge < -0.3 is 15.0 Å². The summed E-state index contributed by atoms with van der Waals surface area (Å²) in [6, 6.07) is 10.3. The van der Waals surface area contributed by atoms with E-state index in [1.165, 1.54) is 21.8 Å². The second kappa shape index (κ2) is 9.76. The summed E-state index contributed by atoms with van der Waals surface area (Å²) >= 11 is 3.51. The molecule has 1 amide bonds. The molecular formula is C22H26N4O2S2. The van der Waals surface area contributed by atoms with Crippen LogP contribution in [0.25, 0.3) is 10.2 Å². The van der Waals surface area contributed by atoms with Crippen LogP contribution in [0, 0.1) is 0 Å². The van der Waals surface area contributed by atoms with Crippen molar-refractivity contribution in [3.63, 3.8) is 0 Å². The molecule has 3 aromatic rings. The zero-order valence-corrected chi connectivity index (χ0v) is 18.9. The molecule has 0 atom stereocenters. The number of anilines is 1. The maximum Gasteiger partial charge on any atom is 0.239 e. The molecular weight excluding hydrogens is 416 g/mol. The standard InChI is InChI=1S/C22H26N4O2S2/c1-26(13-19(27)23-11-12-28-2)21-20-16-9-6-10-17(16)30-22(20)25-18(24-21)14-29-15-7-4-3-5-8-15/h3-5,7-8H,6,9-14H2,1-2H3,(H,23,27). The molecule has 0 fully saturated rings. The monoisotopic (exact) mass is 442 g/mol. The highest BCUT2D eigenvalue weighted by atomic mass is 32.2. The third kappa shape index (κ3) is 4.77. The van der Waals surface area contributed by atoms with Gasteiger partial charge in [-0.15, -0.1) is 23.1 Å². The number of nitrogens with one attached hydrogen (secondary N) is 1. The first-order valence-corrected chi connectivity index (χ1v) is 11.9. The van der Waals surface area contributed by atoms with Crippen LogP contribution in [0.4, 0.5) is 5.82 Å². The minimum Gasteiger partial charge on any atom is -0.383 e. The van der Waals surface area contributed by atoms with Gasteiger partial charge in [0.05, 0.1) is 24.3 Å². The van der Waals surface area contributed by atoms with Gasteiger partial charge in [-0.05, 0) is 37.0 Å². The molecule has 0 saturated carbocycles. The Morgan fingerprint density at radius 2 is 2.10 bits per heavy atom. The lowest BCUT2D eigenvalue weighted by Crippen LogP contribution is -2.37. The highest BCUT2D eigenvalue weighted by Crippen LogP contribution is 2.40. The Morgan fingerprint density at radius 1 is 1.27 bits per heavy atom. The number of benzene rings is 1. The van der Waals surface area contributed by atoms with Crippen LogP contribution in [0.5, 0.6) is 0 Å². The molecule has 2 aromatic heterocycles. The number of hydrogen-bond acceptors (Lipinski definition) is 7. The number of aryl methyl sites for hydroxylation is 2. The summed E-state index contributed by atoms with van der Waals surface area (Å²) in [5, 5.41) is 4.02. The van der Waals surface area contributed by atoms with Gasteiger partial charge in [0.15, 0.2) is 0 Å². The van der Waals surface area contributed by atoms with E-state index in [4.69, 9.17) is 14.7 Å². The van der Waals surface area contributed by atoms with Crippen molar-refractivity contribution in [2.75, 3.05) is 38.8 Å². The number of methoxy groups -OCH3 is 1. The Hall–Kier alpha value is -2.16. The molecule has 0 unspecified atom stereocenters. The lowest BCUT2D eigenvalue weighted by molar-refractivity contribution is -0.119. The van der Waals surface area contributed by atoms with Crippen molar-refractivity contribution in [3.8, 4) is 0 Å². The van der Waals surface area contributed by atoms with Crippen LogP contribution >= 0.6 is 23.1 Å². The van der Waals surface area contributed by atoms with Crippen molar-refractivity contribution in [2.24, 2.45) is 0 Å². The summed E-state index contributed by atoms with van der Waals surface area (Å²) in [5.74, 6) is 2.33. The molecule has 30 heavy (non-hydrogen) atoms. The first kappa shape index (κ1) is 21.1. The van der Waals surface area contributed by atoms with Crippen LogP contribution in [0.1, 0.15) is 22.7 Å². The van der Waals surface area contributed by atoms with E-state index in [-0.39, 0.29) is 12.5 Å². The average Bonchev–Trinajstić information content (AvgIpc) is 3.33. The molecule has 1 N–H and O–H groups in total. The van der Waals surface area contributed by atoms with Gasteiger partial charge in [-0.25, -0.2) is 9.97 Å². The zero-order valence-electron chi connectivity index (χ0n) is 17.3. The summed E-state index contributed by atoms with van der Waals surface area (Å²) in [4.78, 5) is 27.8. The van der Waals surface area contributed by atoms with Crippen LogP contribution in [0.2, 0.25) is 0 Å². The maximum absolute atomic E-state index is 12.4. The summed E-state index contributed by atoms with van der Waals surface area (Å²) < 4.78 is 5.01. The van der Waals surface area contributed by atoms with Crippen LogP contribution < -0.4 is 10.2 Å². The molecule has 2 heterocycles. The molecule has 158 valence electrons. The fourth-order valence-corrected chi connectivity index (χ4v) is 5.71. The molecule has 0 spiro atoms. The number of nitrogens with zero attached hydrogens (tertiary/aromatic N) is 3. The van der Waals surface area contributed by atoms with E-state index >= 15 is 0 Å². The zero-order chi connectivity index (χ0) is 20.9. The highest BCUT2D eigenvalue weighted by molar-refractivity contribution is 7.98. The molecule has 0 bridgehead atoms. The molecule has 6 nitrogen and oxygen atoms in total. The van der Waals surface area contributed by atoms with Gasteiger partial charge in [0, 0.05) is 30.5 Å². The molecule has 1 aliphatic carbocycles. The number of carbonyl (C=O) groups is 1. The summed E-state index contributed by atoms with van der Waals surface area (Å²) in [6.07, 6.45) is 3.37. The third-order valence-electron chi connectivity index (χ3n) is 5.07.